The largest absolute Gasteiger partial charge is 0.482 e. The van der Waals surface area contributed by atoms with Gasteiger partial charge in [0.2, 0.25) is 0 Å². The standard InChI is InChI=1S/C28H29N5O5/c1-16(26(36)32(7)28(3,4)5)30-25(35)17(2)33-15-29-24-19(9-8-10-20(24)27(33)37)18-11-12-21-22(13-18)38-14-23(34)31(21)6/h8-13,15H,1-2,14H2,3-7H3,(H,30,35). The zero-order valence-corrected chi connectivity index (χ0v) is 22.0. The van der Waals surface area contributed by atoms with Gasteiger partial charge in [-0.3, -0.25) is 23.7 Å². The van der Waals surface area contributed by atoms with Crippen molar-refractivity contribution in [2.24, 2.45) is 0 Å². The fourth-order valence-corrected chi connectivity index (χ4v) is 3.90. The molecule has 0 fully saturated rings. The second kappa shape index (κ2) is 9.62. The highest BCUT2D eigenvalue weighted by molar-refractivity contribution is 6.15. The van der Waals surface area contributed by atoms with Gasteiger partial charge in [0.05, 0.1) is 22.3 Å². The molecule has 2 aromatic carbocycles. The Hall–Kier alpha value is -4.73. The van der Waals surface area contributed by atoms with Crippen LogP contribution in [0.1, 0.15) is 20.8 Å². The maximum atomic E-state index is 13.3. The van der Waals surface area contributed by atoms with Crippen molar-refractivity contribution in [3.63, 3.8) is 0 Å². The Kier molecular flexibility index (Phi) is 6.67. The zero-order valence-electron chi connectivity index (χ0n) is 22.0. The van der Waals surface area contributed by atoms with Gasteiger partial charge in [0.15, 0.2) is 6.61 Å². The predicted octanol–water partition coefficient (Wildman–Crippen LogP) is 2.78. The summed E-state index contributed by atoms with van der Waals surface area (Å²) in [5.41, 5.74) is 1.17. The number of carbonyl (C=O) groups is 3. The molecule has 1 aliphatic heterocycles. The van der Waals surface area contributed by atoms with E-state index in [1.807, 2.05) is 32.9 Å². The van der Waals surface area contributed by atoms with Crippen LogP contribution >= 0.6 is 0 Å². The molecule has 0 bridgehead atoms. The molecule has 1 aromatic heterocycles. The van der Waals surface area contributed by atoms with Crippen LogP contribution < -0.4 is 20.5 Å². The lowest BCUT2D eigenvalue weighted by molar-refractivity contribution is -0.131. The van der Waals surface area contributed by atoms with Crippen LogP contribution in [0.3, 0.4) is 0 Å². The number of nitrogens with zero attached hydrogens (tertiary/aromatic N) is 4. The second-order valence-electron chi connectivity index (χ2n) is 9.96. The number of amides is 3. The molecule has 0 radical (unpaired) electrons. The summed E-state index contributed by atoms with van der Waals surface area (Å²) in [6.45, 7) is 12.9. The van der Waals surface area contributed by atoms with Gasteiger partial charge in [0.25, 0.3) is 23.3 Å². The molecule has 0 saturated heterocycles. The number of rotatable bonds is 5. The fraction of sp³-hybridized carbons (Fsp3) is 0.250. The lowest BCUT2D eigenvalue weighted by atomic mass is 10.0. The summed E-state index contributed by atoms with van der Waals surface area (Å²) >= 11 is 0. The van der Waals surface area contributed by atoms with E-state index in [1.165, 1.54) is 16.1 Å². The van der Waals surface area contributed by atoms with Crippen molar-refractivity contribution >= 4 is 40.0 Å². The number of ether oxygens (including phenoxy) is 1. The van der Waals surface area contributed by atoms with Crippen LogP contribution in [0.5, 0.6) is 5.75 Å². The van der Waals surface area contributed by atoms with Crippen LogP contribution in [0, 0.1) is 0 Å². The van der Waals surface area contributed by atoms with Crippen molar-refractivity contribution in [3.8, 4) is 16.9 Å². The Bertz CT molecular complexity index is 1580. The number of aromatic nitrogens is 2. The minimum atomic E-state index is -0.754. The Morgan fingerprint density at radius 3 is 2.53 bits per heavy atom. The van der Waals surface area contributed by atoms with Crippen LogP contribution in [0.4, 0.5) is 5.69 Å². The van der Waals surface area contributed by atoms with Gasteiger partial charge in [-0.05, 0) is 44.5 Å². The Labute approximate surface area is 219 Å². The Morgan fingerprint density at radius 2 is 1.84 bits per heavy atom. The predicted molar refractivity (Wildman–Crippen MR) is 145 cm³/mol. The number of hydrogen-bond acceptors (Lipinski definition) is 6. The van der Waals surface area contributed by atoms with E-state index in [1.54, 1.807) is 38.4 Å². The number of para-hydroxylation sites is 1. The molecule has 38 heavy (non-hydrogen) atoms. The number of nitrogens with one attached hydrogen (secondary N) is 1. The number of benzene rings is 2. The first-order chi connectivity index (χ1) is 17.8. The van der Waals surface area contributed by atoms with Crippen LogP contribution in [-0.2, 0) is 14.4 Å². The average molecular weight is 516 g/mol. The second-order valence-corrected chi connectivity index (χ2v) is 9.96. The summed E-state index contributed by atoms with van der Waals surface area (Å²) < 4.78 is 6.63. The molecule has 0 spiro atoms. The van der Waals surface area contributed by atoms with Crippen molar-refractivity contribution < 1.29 is 19.1 Å². The van der Waals surface area contributed by atoms with Crippen LogP contribution in [0.15, 0.2) is 66.4 Å². The molecule has 0 atom stereocenters. The summed E-state index contributed by atoms with van der Waals surface area (Å²) in [6.07, 6.45) is 1.23. The molecule has 0 aliphatic carbocycles. The zero-order chi connectivity index (χ0) is 27.9. The van der Waals surface area contributed by atoms with E-state index >= 15 is 0 Å². The van der Waals surface area contributed by atoms with Crippen molar-refractivity contribution in [1.82, 2.24) is 19.8 Å². The molecule has 0 unspecified atom stereocenters. The molecule has 196 valence electrons. The van der Waals surface area contributed by atoms with E-state index in [4.69, 9.17) is 4.74 Å². The van der Waals surface area contributed by atoms with Gasteiger partial charge in [-0.15, -0.1) is 0 Å². The van der Waals surface area contributed by atoms with E-state index in [0.717, 1.165) is 10.1 Å². The maximum Gasteiger partial charge on any atom is 0.272 e. The maximum absolute atomic E-state index is 13.3. The summed E-state index contributed by atoms with van der Waals surface area (Å²) in [5.74, 6) is -0.810. The molecule has 3 aromatic rings. The van der Waals surface area contributed by atoms with Crippen LogP contribution in [0.2, 0.25) is 0 Å². The Balaban J connectivity index is 1.64. The molecular formula is C28H29N5O5. The van der Waals surface area contributed by atoms with Crippen LogP contribution in [0.25, 0.3) is 27.7 Å². The highest BCUT2D eigenvalue weighted by Gasteiger charge is 2.26. The Morgan fingerprint density at radius 1 is 1.13 bits per heavy atom. The highest BCUT2D eigenvalue weighted by atomic mass is 16.5. The number of hydrogen-bond donors (Lipinski definition) is 1. The number of likely N-dealkylation sites (N-methyl/N-ethyl adjacent to an activating group) is 2. The summed E-state index contributed by atoms with van der Waals surface area (Å²) in [7, 11) is 3.29. The smallest absolute Gasteiger partial charge is 0.272 e. The van der Waals surface area contributed by atoms with Crippen molar-refractivity contribution in [3.05, 3.63) is 71.9 Å². The molecule has 4 rings (SSSR count). The minimum absolute atomic E-state index is 0.0554. The molecule has 10 nitrogen and oxygen atoms in total. The molecule has 3 amide bonds. The number of fused-ring (bicyclic) bond motifs is 2. The molecule has 1 N–H and O–H groups in total. The van der Waals surface area contributed by atoms with Crippen LogP contribution in [-0.4, -0.2) is 58.4 Å². The van der Waals surface area contributed by atoms with Gasteiger partial charge < -0.3 is 19.9 Å². The minimum Gasteiger partial charge on any atom is -0.482 e. The van der Waals surface area contributed by atoms with E-state index in [-0.39, 0.29) is 29.3 Å². The van der Waals surface area contributed by atoms with E-state index in [9.17, 15) is 19.2 Å². The van der Waals surface area contributed by atoms with Crippen molar-refractivity contribution in [1.29, 1.82) is 0 Å². The fourth-order valence-electron chi connectivity index (χ4n) is 3.90. The highest BCUT2D eigenvalue weighted by Crippen LogP contribution is 2.36. The van der Waals surface area contributed by atoms with Crippen molar-refractivity contribution in [2.75, 3.05) is 25.6 Å². The SMILES string of the molecule is C=C(NC(=O)C(=C)n1cnc2c(-c3ccc4c(c3)OCC(=O)N4C)cccc2c1=O)C(=O)N(C)C(C)(C)C. The van der Waals surface area contributed by atoms with E-state index in [0.29, 0.717) is 22.5 Å². The molecule has 1 aliphatic rings. The quantitative estimate of drug-likeness (QED) is 0.523. The summed E-state index contributed by atoms with van der Waals surface area (Å²) in [5, 5.41) is 2.70. The monoisotopic (exact) mass is 515 g/mol. The van der Waals surface area contributed by atoms with Gasteiger partial charge in [-0.1, -0.05) is 31.4 Å². The van der Waals surface area contributed by atoms with Gasteiger partial charge >= 0.3 is 0 Å². The first-order valence-electron chi connectivity index (χ1n) is 11.8. The normalized spacial score (nSPS) is 13.0. The first-order valence-corrected chi connectivity index (χ1v) is 11.8. The third-order valence-corrected chi connectivity index (χ3v) is 6.53. The van der Waals surface area contributed by atoms with Gasteiger partial charge in [0.1, 0.15) is 17.8 Å². The number of carbonyl (C=O) groups excluding carboxylic acids is 3. The summed E-state index contributed by atoms with van der Waals surface area (Å²) in [6, 6.07) is 10.5. The average Bonchev–Trinajstić information content (AvgIpc) is 2.88. The first kappa shape index (κ1) is 26.3. The van der Waals surface area contributed by atoms with Gasteiger partial charge in [-0.25, -0.2) is 4.98 Å². The van der Waals surface area contributed by atoms with Crippen molar-refractivity contribution in [2.45, 2.75) is 26.3 Å². The van der Waals surface area contributed by atoms with Gasteiger partial charge in [-0.2, -0.15) is 0 Å². The molecule has 10 heteroatoms. The third kappa shape index (κ3) is 4.68. The third-order valence-electron chi connectivity index (χ3n) is 6.53. The lowest BCUT2D eigenvalue weighted by Gasteiger charge is -2.32. The lowest BCUT2D eigenvalue weighted by Crippen LogP contribution is -2.46. The molecular weight excluding hydrogens is 486 g/mol. The molecule has 2 heterocycles. The molecule has 0 saturated carbocycles. The topological polar surface area (TPSA) is 114 Å². The van der Waals surface area contributed by atoms with E-state index < -0.39 is 22.9 Å². The summed E-state index contributed by atoms with van der Waals surface area (Å²) in [4.78, 5) is 58.1. The number of anilines is 1. The van der Waals surface area contributed by atoms with Gasteiger partial charge in [0, 0.05) is 25.2 Å². The van der Waals surface area contributed by atoms with E-state index in [2.05, 4.69) is 23.5 Å².